The third-order valence-corrected chi connectivity index (χ3v) is 4.25. The first-order chi connectivity index (χ1) is 9.49. The minimum atomic E-state index is -0.872. The second-order valence-corrected chi connectivity index (χ2v) is 5.90. The van der Waals surface area contributed by atoms with E-state index in [9.17, 15) is 9.90 Å². The zero-order valence-corrected chi connectivity index (χ0v) is 12.1. The van der Waals surface area contributed by atoms with Crippen LogP contribution in [0.15, 0.2) is 35.7 Å². The molecule has 3 rings (SSSR count). The molecule has 1 aromatic carbocycles. The number of hydrogen-bond acceptors (Lipinski definition) is 4. The van der Waals surface area contributed by atoms with Crippen LogP contribution < -0.4 is 5.32 Å². The molecule has 2 heterocycles. The topological polar surface area (TPSA) is 52.6 Å². The molecule has 1 atom stereocenters. The van der Waals surface area contributed by atoms with Crippen LogP contribution in [-0.2, 0) is 0 Å². The Labute approximate surface area is 123 Å². The molecule has 1 aromatic rings. The maximum atomic E-state index is 12.6. The Morgan fingerprint density at radius 3 is 2.80 bits per heavy atom. The molecule has 0 spiro atoms. The van der Waals surface area contributed by atoms with Gasteiger partial charge in [0.25, 0.3) is 0 Å². The van der Waals surface area contributed by atoms with Crippen molar-refractivity contribution in [3.05, 3.63) is 46.2 Å². The van der Waals surface area contributed by atoms with Crippen LogP contribution in [0.3, 0.4) is 0 Å². The van der Waals surface area contributed by atoms with Gasteiger partial charge in [0.05, 0.1) is 0 Å². The summed E-state index contributed by atoms with van der Waals surface area (Å²) in [5.41, 5.74) is 0.506. The number of ketones is 1. The lowest BCUT2D eigenvalue weighted by molar-refractivity contribution is -0.0788. The summed E-state index contributed by atoms with van der Waals surface area (Å²) in [6.07, 6.45) is 1.14. The molecule has 0 amide bonds. The van der Waals surface area contributed by atoms with Crippen molar-refractivity contribution in [2.75, 3.05) is 13.1 Å². The van der Waals surface area contributed by atoms with Crippen LogP contribution in [0.1, 0.15) is 30.1 Å². The van der Waals surface area contributed by atoms with Crippen LogP contribution in [0.4, 0.5) is 0 Å². The second kappa shape index (κ2) is 4.79. The Hall–Kier alpha value is -1.52. The number of rotatable bonds is 2. The van der Waals surface area contributed by atoms with E-state index in [0.717, 1.165) is 24.5 Å². The molecule has 5 heteroatoms. The van der Waals surface area contributed by atoms with E-state index in [1.165, 1.54) is 0 Å². The van der Waals surface area contributed by atoms with Crippen LogP contribution in [0.25, 0.3) is 0 Å². The standard InChI is InChI=1S/C15H17ClN2O2/c1-15(20)7-6-12(14-17-8-9-18(14)15)13(19)10-2-4-11(16)5-3-10/h2-5,17,20H,6-9H2,1H3/t15-/m1/s1. The summed E-state index contributed by atoms with van der Waals surface area (Å²) in [5, 5.41) is 14.2. The van der Waals surface area contributed by atoms with Gasteiger partial charge in [-0.15, -0.1) is 0 Å². The smallest absolute Gasteiger partial charge is 0.192 e. The zero-order valence-electron chi connectivity index (χ0n) is 11.3. The van der Waals surface area contributed by atoms with Crippen LogP contribution >= 0.6 is 11.6 Å². The van der Waals surface area contributed by atoms with Gasteiger partial charge in [0.1, 0.15) is 11.5 Å². The van der Waals surface area contributed by atoms with Crippen LogP contribution in [-0.4, -0.2) is 34.6 Å². The number of carbonyl (C=O) groups is 1. The van der Waals surface area contributed by atoms with Crippen LogP contribution in [0, 0.1) is 0 Å². The molecule has 106 valence electrons. The average Bonchev–Trinajstić information content (AvgIpc) is 2.90. The normalized spacial score (nSPS) is 25.4. The predicted octanol–water partition coefficient (Wildman–Crippen LogP) is 2.14. The lowest BCUT2D eigenvalue weighted by Gasteiger charge is -2.40. The molecule has 0 saturated carbocycles. The van der Waals surface area contributed by atoms with E-state index in [2.05, 4.69) is 5.32 Å². The Kier molecular flexibility index (Phi) is 3.22. The van der Waals surface area contributed by atoms with E-state index in [0.29, 0.717) is 23.4 Å². The molecule has 0 aliphatic carbocycles. The van der Waals surface area contributed by atoms with Crippen molar-refractivity contribution >= 4 is 17.4 Å². The van der Waals surface area contributed by atoms with Gasteiger partial charge in [-0.1, -0.05) is 11.6 Å². The molecule has 0 bridgehead atoms. The molecule has 2 N–H and O–H groups in total. The largest absolute Gasteiger partial charge is 0.371 e. The lowest BCUT2D eigenvalue weighted by atomic mass is 9.92. The van der Waals surface area contributed by atoms with Crippen molar-refractivity contribution in [3.63, 3.8) is 0 Å². The predicted molar refractivity (Wildman–Crippen MR) is 77.4 cm³/mol. The molecular formula is C15H17ClN2O2. The van der Waals surface area contributed by atoms with Gasteiger partial charge in [-0.05, 0) is 44.0 Å². The van der Waals surface area contributed by atoms with E-state index in [1.54, 1.807) is 31.2 Å². The van der Waals surface area contributed by atoms with Crippen molar-refractivity contribution in [2.24, 2.45) is 0 Å². The maximum absolute atomic E-state index is 12.6. The van der Waals surface area contributed by atoms with E-state index in [1.807, 2.05) is 4.90 Å². The molecule has 20 heavy (non-hydrogen) atoms. The SMILES string of the molecule is C[C@@]1(O)CCC(C(=O)c2ccc(Cl)cc2)=C2NCCN21. The summed E-state index contributed by atoms with van der Waals surface area (Å²) in [5.74, 6) is 0.785. The monoisotopic (exact) mass is 292 g/mol. The van der Waals surface area contributed by atoms with Gasteiger partial charge in [0.2, 0.25) is 0 Å². The van der Waals surface area contributed by atoms with Crippen molar-refractivity contribution in [1.82, 2.24) is 10.2 Å². The van der Waals surface area contributed by atoms with E-state index in [4.69, 9.17) is 11.6 Å². The number of fused-ring (bicyclic) bond motifs is 1. The Bertz CT molecular complexity index is 578. The third-order valence-electron chi connectivity index (χ3n) is 3.99. The molecule has 0 aromatic heterocycles. The van der Waals surface area contributed by atoms with E-state index in [-0.39, 0.29) is 5.78 Å². The first-order valence-electron chi connectivity index (χ1n) is 6.76. The minimum Gasteiger partial charge on any atom is -0.371 e. The van der Waals surface area contributed by atoms with Gasteiger partial charge in [0.15, 0.2) is 5.78 Å². The third kappa shape index (κ3) is 2.19. The first kappa shape index (κ1) is 13.5. The fourth-order valence-electron chi connectivity index (χ4n) is 2.86. The summed E-state index contributed by atoms with van der Waals surface area (Å²) in [4.78, 5) is 14.5. The Morgan fingerprint density at radius 2 is 2.10 bits per heavy atom. The molecule has 0 unspecified atom stereocenters. The molecular weight excluding hydrogens is 276 g/mol. The van der Waals surface area contributed by atoms with Gasteiger partial charge in [-0.3, -0.25) is 4.79 Å². The van der Waals surface area contributed by atoms with Crippen molar-refractivity contribution in [3.8, 4) is 0 Å². The number of nitrogens with one attached hydrogen (secondary N) is 1. The number of hydrogen-bond donors (Lipinski definition) is 2. The molecule has 2 aliphatic rings. The van der Waals surface area contributed by atoms with E-state index < -0.39 is 5.72 Å². The number of carbonyl (C=O) groups excluding carboxylic acids is 1. The fraction of sp³-hybridized carbons (Fsp3) is 0.400. The summed E-state index contributed by atoms with van der Waals surface area (Å²) in [6, 6.07) is 6.92. The van der Waals surface area contributed by atoms with E-state index >= 15 is 0 Å². The fourth-order valence-corrected chi connectivity index (χ4v) is 2.98. The highest BCUT2D eigenvalue weighted by Crippen LogP contribution is 2.35. The van der Waals surface area contributed by atoms with Crippen LogP contribution in [0.2, 0.25) is 5.02 Å². The number of benzene rings is 1. The summed E-state index contributed by atoms with van der Waals surface area (Å²) in [7, 11) is 0. The number of nitrogens with zero attached hydrogens (tertiary/aromatic N) is 1. The minimum absolute atomic E-state index is 0.00608. The summed E-state index contributed by atoms with van der Waals surface area (Å²) in [6.45, 7) is 3.27. The molecule has 1 saturated heterocycles. The van der Waals surface area contributed by atoms with Crippen molar-refractivity contribution in [1.29, 1.82) is 0 Å². The van der Waals surface area contributed by atoms with Gasteiger partial charge < -0.3 is 15.3 Å². The van der Waals surface area contributed by atoms with Crippen molar-refractivity contribution < 1.29 is 9.90 Å². The highest BCUT2D eigenvalue weighted by Gasteiger charge is 2.40. The lowest BCUT2D eigenvalue weighted by Crippen LogP contribution is -2.47. The molecule has 4 nitrogen and oxygen atoms in total. The second-order valence-electron chi connectivity index (χ2n) is 5.46. The quantitative estimate of drug-likeness (QED) is 0.820. The highest BCUT2D eigenvalue weighted by molar-refractivity contribution is 6.30. The molecule has 0 radical (unpaired) electrons. The number of allylic oxidation sites excluding steroid dienone is 1. The summed E-state index contributed by atoms with van der Waals surface area (Å²) < 4.78 is 0. The van der Waals surface area contributed by atoms with Crippen molar-refractivity contribution in [2.45, 2.75) is 25.5 Å². The Morgan fingerprint density at radius 1 is 1.40 bits per heavy atom. The van der Waals surface area contributed by atoms with Crippen LogP contribution in [0.5, 0.6) is 0 Å². The highest BCUT2D eigenvalue weighted by atomic mass is 35.5. The zero-order chi connectivity index (χ0) is 14.3. The first-order valence-corrected chi connectivity index (χ1v) is 7.14. The molecule has 2 aliphatic heterocycles. The maximum Gasteiger partial charge on any atom is 0.192 e. The number of halogens is 1. The van der Waals surface area contributed by atoms with Gasteiger partial charge in [-0.25, -0.2) is 0 Å². The average molecular weight is 293 g/mol. The summed E-state index contributed by atoms with van der Waals surface area (Å²) >= 11 is 5.85. The van der Waals surface area contributed by atoms with Gasteiger partial charge in [0, 0.05) is 29.2 Å². The molecule has 1 fully saturated rings. The van der Waals surface area contributed by atoms with Gasteiger partial charge >= 0.3 is 0 Å². The Balaban J connectivity index is 1.97. The number of Topliss-reactive ketones (excluding diaryl/α,β-unsaturated/α-hetero) is 1. The van der Waals surface area contributed by atoms with Gasteiger partial charge in [-0.2, -0.15) is 0 Å². The number of aliphatic hydroxyl groups is 1.